The molecule has 0 amide bonds. The Kier molecular flexibility index (Phi) is 7.04. The van der Waals surface area contributed by atoms with Crippen molar-refractivity contribution < 1.29 is 4.74 Å². The number of anilines is 1. The number of hydrogen-bond acceptors (Lipinski definition) is 7. The Morgan fingerprint density at radius 2 is 1.65 bits per heavy atom. The van der Waals surface area contributed by atoms with E-state index in [1.54, 1.807) is 7.11 Å². The number of nitrogens with zero attached hydrogens (tertiary/aromatic N) is 6. The van der Waals surface area contributed by atoms with Crippen LogP contribution in [0.1, 0.15) is 34.1 Å². The van der Waals surface area contributed by atoms with Crippen molar-refractivity contribution in [2.75, 3.05) is 38.2 Å². The van der Waals surface area contributed by atoms with Gasteiger partial charge >= 0.3 is 0 Å². The first kappa shape index (κ1) is 25.8. The van der Waals surface area contributed by atoms with Crippen molar-refractivity contribution in [1.82, 2.24) is 30.1 Å². The molecule has 9 nitrogen and oxygen atoms in total. The Hall–Kier alpha value is -4.50. The predicted octanol–water partition coefficient (Wildman–Crippen LogP) is 4.10. The number of rotatable bonds is 7. The number of ether oxygens (including phenoxy) is 1. The zero-order valence-corrected chi connectivity index (χ0v) is 23.0. The molecule has 1 atom stereocenters. The van der Waals surface area contributed by atoms with E-state index in [0.717, 1.165) is 65.2 Å². The lowest BCUT2D eigenvalue weighted by atomic mass is 9.99. The highest BCUT2D eigenvalue weighted by Gasteiger charge is 2.33. The van der Waals surface area contributed by atoms with Crippen LogP contribution in [0.15, 0.2) is 77.6 Å². The Labute approximate surface area is 233 Å². The lowest BCUT2D eigenvalue weighted by Crippen LogP contribution is -2.49. The lowest BCUT2D eigenvalue weighted by molar-refractivity contribution is 0.200. The van der Waals surface area contributed by atoms with Gasteiger partial charge in [0.05, 0.1) is 24.9 Å². The smallest absolute Gasteiger partial charge is 0.253 e. The van der Waals surface area contributed by atoms with Gasteiger partial charge in [-0.1, -0.05) is 54.6 Å². The van der Waals surface area contributed by atoms with Gasteiger partial charge in [-0.2, -0.15) is 0 Å². The molecule has 1 aliphatic heterocycles. The predicted molar refractivity (Wildman–Crippen MR) is 156 cm³/mol. The van der Waals surface area contributed by atoms with E-state index in [-0.39, 0.29) is 5.56 Å². The third kappa shape index (κ3) is 4.84. The van der Waals surface area contributed by atoms with E-state index in [1.165, 1.54) is 0 Å². The molecule has 3 heterocycles. The van der Waals surface area contributed by atoms with Crippen molar-refractivity contribution in [3.05, 3.63) is 111 Å². The first-order valence-corrected chi connectivity index (χ1v) is 13.6. The molecule has 0 unspecified atom stereocenters. The van der Waals surface area contributed by atoms with Gasteiger partial charge in [0.15, 0.2) is 5.82 Å². The average molecular weight is 536 g/mol. The number of methoxy groups -OCH3 is 1. The summed E-state index contributed by atoms with van der Waals surface area (Å²) >= 11 is 0. The SMILES string of the molecule is COc1ccccc1N1CCN([C@H](c2cc3c(C)ccc(C)c3[nH]c2=O)c2nnnn2Cc2ccccc2)CC1. The fourth-order valence-electron chi connectivity index (χ4n) is 5.68. The normalized spacial score (nSPS) is 14.9. The van der Waals surface area contributed by atoms with Crippen LogP contribution in [0, 0.1) is 13.8 Å². The molecule has 1 aliphatic rings. The third-order valence-corrected chi connectivity index (χ3v) is 7.85. The summed E-state index contributed by atoms with van der Waals surface area (Å²) in [5.41, 5.74) is 5.72. The van der Waals surface area contributed by atoms with Gasteiger partial charge in [0.1, 0.15) is 11.8 Å². The van der Waals surface area contributed by atoms with Crippen LogP contribution < -0.4 is 15.2 Å². The minimum absolute atomic E-state index is 0.118. The van der Waals surface area contributed by atoms with Gasteiger partial charge in [-0.05, 0) is 59.2 Å². The maximum Gasteiger partial charge on any atom is 0.253 e. The standard InChI is InChI=1S/C31H33N7O2/c1-21-13-14-22(2)28-24(21)19-25(31(39)32-28)29(30-33-34-35-38(30)20-23-9-5-4-6-10-23)37-17-15-36(16-18-37)26-11-7-8-12-27(26)40-3/h4-14,19,29H,15-18,20H2,1-3H3,(H,32,39)/t29-/m1/s1. The number of para-hydroxylation sites is 2. The molecule has 1 N–H and O–H groups in total. The van der Waals surface area contributed by atoms with Crippen LogP contribution in [0.5, 0.6) is 5.75 Å². The second-order valence-electron chi connectivity index (χ2n) is 10.3. The molecule has 1 saturated heterocycles. The van der Waals surface area contributed by atoms with Crippen LogP contribution >= 0.6 is 0 Å². The molecular formula is C31H33N7O2. The van der Waals surface area contributed by atoms with Gasteiger partial charge in [-0.15, -0.1) is 5.10 Å². The molecular weight excluding hydrogens is 502 g/mol. The highest BCUT2D eigenvalue weighted by Crippen LogP contribution is 2.32. The molecule has 5 aromatic rings. The number of aryl methyl sites for hydroxylation is 2. The van der Waals surface area contributed by atoms with Crippen LogP contribution in [0.3, 0.4) is 0 Å². The third-order valence-electron chi connectivity index (χ3n) is 7.85. The molecule has 0 saturated carbocycles. The van der Waals surface area contributed by atoms with Gasteiger partial charge in [0.25, 0.3) is 5.56 Å². The van der Waals surface area contributed by atoms with Crippen molar-refractivity contribution in [3.63, 3.8) is 0 Å². The molecule has 0 aliphatic carbocycles. The van der Waals surface area contributed by atoms with E-state index in [2.05, 4.69) is 61.5 Å². The fourth-order valence-corrected chi connectivity index (χ4v) is 5.68. The van der Waals surface area contributed by atoms with Gasteiger partial charge < -0.3 is 14.6 Å². The molecule has 9 heteroatoms. The first-order valence-electron chi connectivity index (χ1n) is 13.6. The van der Waals surface area contributed by atoms with Crippen molar-refractivity contribution >= 4 is 16.6 Å². The molecule has 1 fully saturated rings. The summed E-state index contributed by atoms with van der Waals surface area (Å²) in [6, 6.07) is 24.0. The van der Waals surface area contributed by atoms with E-state index in [4.69, 9.17) is 4.74 Å². The summed E-state index contributed by atoms with van der Waals surface area (Å²) in [5, 5.41) is 14.0. The van der Waals surface area contributed by atoms with Crippen LogP contribution in [-0.4, -0.2) is 63.4 Å². The molecule has 3 aromatic carbocycles. The van der Waals surface area contributed by atoms with Crippen LogP contribution in [0.25, 0.3) is 10.9 Å². The Morgan fingerprint density at radius 1 is 0.925 bits per heavy atom. The second-order valence-corrected chi connectivity index (χ2v) is 10.3. The van der Waals surface area contributed by atoms with Crippen molar-refractivity contribution in [3.8, 4) is 5.75 Å². The van der Waals surface area contributed by atoms with Gasteiger partial charge in [-0.25, -0.2) is 4.68 Å². The van der Waals surface area contributed by atoms with Crippen LogP contribution in [-0.2, 0) is 6.54 Å². The quantitative estimate of drug-likeness (QED) is 0.336. The number of pyridine rings is 1. The number of aromatic amines is 1. The number of tetrazole rings is 1. The molecule has 0 spiro atoms. The topological polar surface area (TPSA) is 92.2 Å². The number of nitrogens with one attached hydrogen (secondary N) is 1. The monoisotopic (exact) mass is 535 g/mol. The number of hydrogen-bond donors (Lipinski definition) is 1. The zero-order chi connectivity index (χ0) is 27.6. The van der Waals surface area contributed by atoms with Crippen molar-refractivity contribution in [2.45, 2.75) is 26.4 Å². The second kappa shape index (κ2) is 10.9. The zero-order valence-electron chi connectivity index (χ0n) is 23.0. The minimum Gasteiger partial charge on any atom is -0.495 e. The molecule has 2 aromatic heterocycles. The number of aromatic nitrogens is 5. The average Bonchev–Trinajstić information content (AvgIpc) is 3.44. The Balaban J connectivity index is 1.41. The van der Waals surface area contributed by atoms with E-state index in [9.17, 15) is 4.79 Å². The van der Waals surface area contributed by atoms with E-state index in [1.807, 2.05) is 60.1 Å². The largest absolute Gasteiger partial charge is 0.495 e. The highest BCUT2D eigenvalue weighted by atomic mass is 16.5. The van der Waals surface area contributed by atoms with E-state index < -0.39 is 6.04 Å². The summed E-state index contributed by atoms with van der Waals surface area (Å²) < 4.78 is 7.44. The summed E-state index contributed by atoms with van der Waals surface area (Å²) in [4.78, 5) is 21.6. The summed E-state index contributed by atoms with van der Waals surface area (Å²) in [6.07, 6.45) is 0. The molecule has 40 heavy (non-hydrogen) atoms. The lowest BCUT2D eigenvalue weighted by Gasteiger charge is -2.40. The van der Waals surface area contributed by atoms with Crippen LogP contribution in [0.4, 0.5) is 5.69 Å². The first-order chi connectivity index (χ1) is 19.5. The summed E-state index contributed by atoms with van der Waals surface area (Å²) in [6.45, 7) is 7.62. The van der Waals surface area contributed by atoms with Crippen molar-refractivity contribution in [1.29, 1.82) is 0 Å². The number of fused-ring (bicyclic) bond motifs is 1. The van der Waals surface area contributed by atoms with Gasteiger partial charge in [0, 0.05) is 37.1 Å². The molecule has 6 rings (SSSR count). The highest BCUT2D eigenvalue weighted by molar-refractivity contribution is 5.85. The van der Waals surface area contributed by atoms with Gasteiger partial charge in [0.2, 0.25) is 0 Å². The van der Waals surface area contributed by atoms with Crippen LogP contribution in [0.2, 0.25) is 0 Å². The van der Waals surface area contributed by atoms with Crippen molar-refractivity contribution in [2.24, 2.45) is 0 Å². The Bertz CT molecular complexity index is 1690. The maximum absolute atomic E-state index is 13.7. The summed E-state index contributed by atoms with van der Waals surface area (Å²) in [7, 11) is 1.70. The number of piperazine rings is 1. The molecule has 0 bridgehead atoms. The Morgan fingerprint density at radius 3 is 2.42 bits per heavy atom. The number of H-pyrrole nitrogens is 1. The van der Waals surface area contributed by atoms with E-state index >= 15 is 0 Å². The molecule has 204 valence electrons. The fraction of sp³-hybridized carbons (Fsp3) is 0.290. The minimum atomic E-state index is -0.411. The van der Waals surface area contributed by atoms with E-state index in [0.29, 0.717) is 17.9 Å². The molecule has 0 radical (unpaired) electrons. The summed E-state index contributed by atoms with van der Waals surface area (Å²) in [5.74, 6) is 1.51. The number of benzene rings is 3. The maximum atomic E-state index is 13.7. The van der Waals surface area contributed by atoms with Gasteiger partial charge in [-0.3, -0.25) is 9.69 Å².